The van der Waals surface area contributed by atoms with Crippen LogP contribution in [0.25, 0.3) is 0 Å². The Morgan fingerprint density at radius 1 is 1.15 bits per heavy atom. The van der Waals surface area contributed by atoms with Gasteiger partial charge in [0.25, 0.3) is 0 Å². The normalized spacial score (nSPS) is 13.8. The predicted molar refractivity (Wildman–Crippen MR) is 126 cm³/mol. The zero-order valence-corrected chi connectivity index (χ0v) is 18.8. The van der Waals surface area contributed by atoms with E-state index < -0.39 is 16.4 Å². The molecule has 1 fully saturated rings. The van der Waals surface area contributed by atoms with E-state index in [0.29, 0.717) is 38.2 Å². The maximum absolute atomic E-state index is 11.0. The van der Waals surface area contributed by atoms with E-state index in [1.807, 2.05) is 29.2 Å². The number of aromatic hydroxyl groups is 1. The number of halogens is 1. The molecule has 13 heteroatoms. The molecule has 0 bridgehead atoms. The van der Waals surface area contributed by atoms with Crippen molar-refractivity contribution in [2.24, 2.45) is 5.10 Å². The average molecular weight is 515 g/mol. The molecule has 3 aromatic rings. The average Bonchev–Trinajstić information content (AvgIpc) is 2.80. The highest BCUT2D eigenvalue weighted by atomic mass is 79.9. The number of nitrogens with zero attached hydrogens (tertiary/aromatic N) is 6. The number of ether oxygens (including phenoxy) is 1. The van der Waals surface area contributed by atoms with E-state index in [-0.39, 0.29) is 11.5 Å². The first-order valence-electron chi connectivity index (χ1n) is 9.86. The summed E-state index contributed by atoms with van der Waals surface area (Å²) >= 11 is 3.43. The standard InChI is InChI=1S/C20H19BrN8O4/c21-14-4-2-5-15(11-14)23-18-24-19(26-20(25-18)28-7-9-33-10-8-28)27-22-12-13-3-1-6-16(17(13)30)29(31)32/h1-6,11-12,30H,7-10H2,(H2,23,24,25,26,27)/b22-12-. The van der Waals surface area contributed by atoms with Crippen LogP contribution in [0.2, 0.25) is 0 Å². The first kappa shape index (κ1) is 22.4. The number of benzene rings is 2. The van der Waals surface area contributed by atoms with Gasteiger partial charge in [-0.05, 0) is 24.3 Å². The maximum atomic E-state index is 11.0. The van der Waals surface area contributed by atoms with Gasteiger partial charge in [0.15, 0.2) is 0 Å². The number of anilines is 4. The first-order chi connectivity index (χ1) is 16.0. The Kier molecular flexibility index (Phi) is 6.90. The second-order valence-corrected chi connectivity index (χ2v) is 7.78. The van der Waals surface area contributed by atoms with Gasteiger partial charge in [0, 0.05) is 34.9 Å². The Morgan fingerprint density at radius 2 is 1.91 bits per heavy atom. The minimum absolute atomic E-state index is 0.158. The van der Waals surface area contributed by atoms with Crippen LogP contribution in [-0.2, 0) is 4.74 Å². The fourth-order valence-corrected chi connectivity index (χ4v) is 3.43. The van der Waals surface area contributed by atoms with E-state index in [9.17, 15) is 15.2 Å². The van der Waals surface area contributed by atoms with Crippen molar-refractivity contribution in [3.8, 4) is 5.75 Å². The summed E-state index contributed by atoms with van der Waals surface area (Å²) in [6.45, 7) is 2.38. The molecule has 1 aliphatic heterocycles. The summed E-state index contributed by atoms with van der Waals surface area (Å²) in [7, 11) is 0. The summed E-state index contributed by atoms with van der Waals surface area (Å²) in [5, 5.41) is 28.2. The van der Waals surface area contributed by atoms with Crippen molar-refractivity contribution in [1.82, 2.24) is 15.0 Å². The number of hydrazone groups is 1. The van der Waals surface area contributed by atoms with Crippen LogP contribution in [0, 0.1) is 10.1 Å². The Hall–Kier alpha value is -3.84. The van der Waals surface area contributed by atoms with Crippen molar-refractivity contribution in [3.63, 3.8) is 0 Å². The van der Waals surface area contributed by atoms with E-state index in [2.05, 4.69) is 46.7 Å². The molecule has 1 saturated heterocycles. The predicted octanol–water partition coefficient (Wildman–Crippen LogP) is 3.27. The number of nitro groups is 1. The van der Waals surface area contributed by atoms with Crippen molar-refractivity contribution in [2.75, 3.05) is 41.9 Å². The van der Waals surface area contributed by atoms with Crippen LogP contribution in [-0.4, -0.2) is 57.5 Å². The lowest BCUT2D eigenvalue weighted by atomic mass is 10.2. The molecule has 4 rings (SSSR count). The van der Waals surface area contributed by atoms with Gasteiger partial charge in [0.1, 0.15) is 0 Å². The van der Waals surface area contributed by atoms with Gasteiger partial charge in [-0.15, -0.1) is 0 Å². The molecular formula is C20H19BrN8O4. The highest BCUT2D eigenvalue weighted by Gasteiger charge is 2.17. The summed E-state index contributed by atoms with van der Waals surface area (Å²) in [6, 6.07) is 11.7. The van der Waals surface area contributed by atoms with Crippen molar-refractivity contribution in [3.05, 3.63) is 62.6 Å². The van der Waals surface area contributed by atoms with Crippen LogP contribution in [0.3, 0.4) is 0 Å². The Morgan fingerprint density at radius 3 is 2.67 bits per heavy atom. The second-order valence-electron chi connectivity index (χ2n) is 6.86. The molecule has 1 aromatic heterocycles. The summed E-state index contributed by atoms with van der Waals surface area (Å²) in [4.78, 5) is 25.6. The lowest BCUT2D eigenvalue weighted by molar-refractivity contribution is -0.385. The number of morpholine rings is 1. The molecule has 12 nitrogen and oxygen atoms in total. The zero-order chi connectivity index (χ0) is 23.2. The van der Waals surface area contributed by atoms with Gasteiger partial charge in [-0.3, -0.25) is 10.1 Å². The fraction of sp³-hybridized carbons (Fsp3) is 0.200. The molecule has 0 unspecified atom stereocenters. The molecule has 0 radical (unpaired) electrons. The third kappa shape index (κ3) is 5.70. The summed E-state index contributed by atoms with van der Waals surface area (Å²) in [5.74, 6) is 0.432. The third-order valence-electron chi connectivity index (χ3n) is 4.61. The van der Waals surface area contributed by atoms with E-state index >= 15 is 0 Å². The largest absolute Gasteiger partial charge is 0.502 e. The van der Waals surface area contributed by atoms with Crippen LogP contribution in [0.4, 0.5) is 29.2 Å². The Labute approximate surface area is 196 Å². The fourth-order valence-electron chi connectivity index (χ4n) is 3.03. The summed E-state index contributed by atoms with van der Waals surface area (Å²) in [6.07, 6.45) is 1.25. The van der Waals surface area contributed by atoms with Gasteiger partial charge < -0.3 is 20.1 Å². The number of hydrogen-bond donors (Lipinski definition) is 3. The third-order valence-corrected chi connectivity index (χ3v) is 5.10. The SMILES string of the molecule is O=[N+]([O-])c1cccc(/C=N\Nc2nc(Nc3cccc(Br)c3)nc(N3CCOCC3)n2)c1O. The van der Waals surface area contributed by atoms with Crippen LogP contribution < -0.4 is 15.6 Å². The lowest BCUT2D eigenvalue weighted by Gasteiger charge is -2.27. The number of aromatic nitrogens is 3. The molecule has 170 valence electrons. The van der Waals surface area contributed by atoms with Gasteiger partial charge in [0.2, 0.25) is 23.6 Å². The van der Waals surface area contributed by atoms with Crippen molar-refractivity contribution >= 4 is 51.4 Å². The second kappa shape index (κ2) is 10.2. The van der Waals surface area contributed by atoms with E-state index in [1.54, 1.807) is 0 Å². The number of hydrogen-bond acceptors (Lipinski definition) is 11. The number of nitrogens with one attached hydrogen (secondary N) is 2. The number of rotatable bonds is 7. The lowest BCUT2D eigenvalue weighted by Crippen LogP contribution is -2.37. The minimum Gasteiger partial charge on any atom is -0.502 e. The molecule has 0 aliphatic carbocycles. The molecule has 0 atom stereocenters. The molecule has 0 saturated carbocycles. The topological polar surface area (TPSA) is 151 Å². The number of para-hydroxylation sites is 1. The number of nitro benzene ring substituents is 1. The monoisotopic (exact) mass is 514 g/mol. The summed E-state index contributed by atoms with van der Waals surface area (Å²) in [5.41, 5.74) is 3.25. The Balaban J connectivity index is 1.59. The van der Waals surface area contributed by atoms with Crippen LogP contribution in [0.15, 0.2) is 52.0 Å². The molecular weight excluding hydrogens is 496 g/mol. The zero-order valence-electron chi connectivity index (χ0n) is 17.2. The van der Waals surface area contributed by atoms with Gasteiger partial charge >= 0.3 is 5.69 Å². The van der Waals surface area contributed by atoms with Crippen LogP contribution in [0.1, 0.15) is 5.56 Å². The number of phenols is 1. The maximum Gasteiger partial charge on any atom is 0.311 e. The highest BCUT2D eigenvalue weighted by Crippen LogP contribution is 2.28. The number of phenolic OH excluding ortho intramolecular Hbond substituents is 1. The Bertz CT molecular complexity index is 1190. The summed E-state index contributed by atoms with van der Waals surface area (Å²) < 4.78 is 6.30. The smallest absolute Gasteiger partial charge is 0.311 e. The van der Waals surface area contributed by atoms with Crippen molar-refractivity contribution in [2.45, 2.75) is 0 Å². The van der Waals surface area contributed by atoms with Gasteiger partial charge in [-0.1, -0.05) is 28.1 Å². The highest BCUT2D eigenvalue weighted by molar-refractivity contribution is 9.10. The molecule has 1 aliphatic rings. The van der Waals surface area contributed by atoms with Crippen molar-refractivity contribution in [1.29, 1.82) is 0 Å². The van der Waals surface area contributed by atoms with E-state index in [4.69, 9.17) is 4.74 Å². The molecule has 0 amide bonds. The van der Waals surface area contributed by atoms with Gasteiger partial charge in [-0.25, -0.2) is 5.43 Å². The van der Waals surface area contributed by atoms with Gasteiger partial charge in [-0.2, -0.15) is 20.1 Å². The molecule has 33 heavy (non-hydrogen) atoms. The van der Waals surface area contributed by atoms with Crippen molar-refractivity contribution < 1.29 is 14.8 Å². The molecule has 2 heterocycles. The molecule has 0 spiro atoms. The van der Waals surface area contributed by atoms with E-state index in [0.717, 1.165) is 10.2 Å². The van der Waals surface area contributed by atoms with Gasteiger partial charge in [0.05, 0.1) is 24.4 Å². The van der Waals surface area contributed by atoms with Crippen LogP contribution >= 0.6 is 15.9 Å². The first-order valence-corrected chi connectivity index (χ1v) is 10.7. The minimum atomic E-state index is -0.666. The quantitative estimate of drug-likeness (QED) is 0.243. The van der Waals surface area contributed by atoms with Crippen LogP contribution in [0.5, 0.6) is 5.75 Å². The molecule has 3 N–H and O–H groups in total. The van der Waals surface area contributed by atoms with E-state index in [1.165, 1.54) is 24.4 Å². The molecule has 2 aromatic carbocycles.